The molecule has 3 aromatic rings. The summed E-state index contributed by atoms with van der Waals surface area (Å²) in [6, 6.07) is 5.17. The van der Waals surface area contributed by atoms with Gasteiger partial charge in [0.05, 0.1) is 11.1 Å². The molecule has 28 heavy (non-hydrogen) atoms. The van der Waals surface area contributed by atoms with Crippen LogP contribution in [-0.2, 0) is 16.2 Å². The lowest BCUT2D eigenvalue weighted by atomic mass is 9.99. The molecule has 0 radical (unpaired) electrons. The fourth-order valence-corrected chi connectivity index (χ4v) is 3.33. The molecule has 0 fully saturated rings. The third-order valence-corrected chi connectivity index (χ3v) is 4.58. The van der Waals surface area contributed by atoms with Crippen molar-refractivity contribution in [2.75, 3.05) is 0 Å². The van der Waals surface area contributed by atoms with Crippen LogP contribution in [0.15, 0.2) is 45.8 Å². The number of hydrogen-bond acceptors (Lipinski definition) is 6. The highest BCUT2D eigenvalue weighted by molar-refractivity contribution is 7.89. The minimum absolute atomic E-state index is 0.0487. The van der Waals surface area contributed by atoms with E-state index in [2.05, 4.69) is 20.4 Å². The van der Waals surface area contributed by atoms with Crippen molar-refractivity contribution in [3.8, 4) is 11.1 Å². The van der Waals surface area contributed by atoms with Crippen LogP contribution in [0, 0.1) is 5.41 Å². The summed E-state index contributed by atoms with van der Waals surface area (Å²) < 4.78 is 63.2. The van der Waals surface area contributed by atoms with Gasteiger partial charge in [-0.15, -0.1) is 5.11 Å². The molecular weight excluding hydrogens is 401 g/mol. The van der Waals surface area contributed by atoms with E-state index in [4.69, 9.17) is 16.4 Å². The molecule has 0 saturated heterocycles. The van der Waals surface area contributed by atoms with E-state index < -0.39 is 32.8 Å². The Hall–Kier alpha value is -3.39. The number of sulfonamides is 1. The molecule has 0 aliphatic rings. The Kier molecular flexibility index (Phi) is 4.60. The van der Waals surface area contributed by atoms with Crippen LogP contribution < -0.4 is 11.0 Å². The summed E-state index contributed by atoms with van der Waals surface area (Å²) in [7, 11) is -4.38. The average molecular weight is 412 g/mol. The highest BCUT2D eigenvalue weighted by Crippen LogP contribution is 2.36. The van der Waals surface area contributed by atoms with Crippen LogP contribution in [0.3, 0.4) is 0 Å². The van der Waals surface area contributed by atoms with Crippen molar-refractivity contribution in [1.82, 2.24) is 15.2 Å². The van der Waals surface area contributed by atoms with Crippen molar-refractivity contribution < 1.29 is 21.6 Å². The molecule has 2 aromatic heterocycles. The van der Waals surface area contributed by atoms with Gasteiger partial charge in [0.1, 0.15) is 5.69 Å². The van der Waals surface area contributed by atoms with Gasteiger partial charge in [0, 0.05) is 11.6 Å². The first-order valence-electron chi connectivity index (χ1n) is 7.31. The summed E-state index contributed by atoms with van der Waals surface area (Å²) in [4.78, 5) is 3.65. The van der Waals surface area contributed by atoms with Gasteiger partial charge in [0.15, 0.2) is 10.9 Å². The van der Waals surface area contributed by atoms with Crippen LogP contribution in [0.1, 0.15) is 11.3 Å². The highest BCUT2D eigenvalue weighted by atomic mass is 32.2. The fourth-order valence-electron chi connectivity index (χ4n) is 2.63. The van der Waals surface area contributed by atoms with Crippen LogP contribution in [0.2, 0.25) is 0 Å². The van der Waals surface area contributed by atoms with E-state index in [9.17, 15) is 21.6 Å². The molecule has 0 bridgehead atoms. The third kappa shape index (κ3) is 3.41. The summed E-state index contributed by atoms with van der Waals surface area (Å²) in [6.07, 6.45) is -3.59. The Labute approximate surface area is 155 Å². The third-order valence-electron chi connectivity index (χ3n) is 3.73. The van der Waals surface area contributed by atoms with Gasteiger partial charge in [-0.3, -0.25) is 10.5 Å². The quantitative estimate of drug-likeness (QED) is 0.169. The number of amidine groups is 1. The predicted molar refractivity (Wildman–Crippen MR) is 91.6 cm³/mol. The van der Waals surface area contributed by atoms with E-state index in [-0.39, 0.29) is 27.6 Å². The summed E-state index contributed by atoms with van der Waals surface area (Å²) in [5, 5.41) is 23.9. The van der Waals surface area contributed by atoms with Crippen molar-refractivity contribution in [3.63, 3.8) is 0 Å². The molecule has 146 valence electrons. The van der Waals surface area contributed by atoms with Crippen LogP contribution in [0.4, 0.5) is 13.2 Å². The number of pyridine rings is 1. The molecule has 10 nitrogen and oxygen atoms in total. The van der Waals surface area contributed by atoms with Gasteiger partial charge < -0.3 is 5.84 Å². The molecule has 1 aromatic carbocycles. The van der Waals surface area contributed by atoms with Gasteiger partial charge in [-0.2, -0.15) is 18.3 Å². The molecule has 6 N–H and O–H groups in total. The van der Waals surface area contributed by atoms with Crippen LogP contribution >= 0.6 is 0 Å². The number of alkyl halides is 3. The van der Waals surface area contributed by atoms with Gasteiger partial charge in [-0.25, -0.2) is 18.5 Å². The lowest BCUT2D eigenvalue weighted by molar-refractivity contribution is -0.139. The van der Waals surface area contributed by atoms with Crippen molar-refractivity contribution in [2.45, 2.75) is 11.2 Å². The minimum atomic E-state index is -4.68. The van der Waals surface area contributed by atoms with Gasteiger partial charge in [0.2, 0.25) is 0 Å². The van der Waals surface area contributed by atoms with Gasteiger partial charge in [-0.05, 0) is 29.3 Å². The maximum atomic E-state index is 13.2. The van der Waals surface area contributed by atoms with Gasteiger partial charge in [0.25, 0.3) is 10.0 Å². The molecule has 2 heterocycles. The van der Waals surface area contributed by atoms with Crippen LogP contribution in [0.5, 0.6) is 0 Å². The van der Waals surface area contributed by atoms with E-state index in [1.54, 1.807) is 0 Å². The van der Waals surface area contributed by atoms with Crippen molar-refractivity contribution in [3.05, 3.63) is 41.7 Å². The summed E-state index contributed by atoms with van der Waals surface area (Å²) in [5.41, 5.74) is -1.17. The maximum absolute atomic E-state index is 13.2. The molecule has 0 saturated carbocycles. The fraction of sp³-hybridized carbons (Fsp3) is 0.0714. The largest absolute Gasteiger partial charge is 0.433 e. The standard InChI is InChI=1S/C14H11F3N8O2S/c15-14(16,17)11-8-5-6(1-2-9(8)22-23-11)7-3-4-21-13(28(20,26)27)10(7)12(18)24-25-19/h1-5H,(H,22,23)(H3,18,19,24)(H2,20,26,27). The zero-order valence-corrected chi connectivity index (χ0v) is 14.5. The molecule has 3 rings (SSSR count). The molecule has 0 aliphatic heterocycles. The van der Waals surface area contributed by atoms with E-state index >= 15 is 0 Å². The first kappa shape index (κ1) is 19.4. The molecule has 0 amide bonds. The number of nitrogens with zero attached hydrogens (tertiary/aromatic N) is 4. The molecule has 0 aliphatic carbocycles. The maximum Gasteiger partial charge on any atom is 0.433 e. The number of hydrogen-bond donors (Lipinski definition) is 4. The zero-order chi connectivity index (χ0) is 20.7. The number of H-pyrrole nitrogens is 1. The number of rotatable bonds is 3. The van der Waals surface area contributed by atoms with Crippen molar-refractivity contribution >= 4 is 26.8 Å². The SMILES string of the molecule is N=C(N=NN)c1c(-c2ccc3n[nH]c(C(F)(F)F)c3c2)ccnc1S(N)(=O)=O. The molecular formula is C14H11F3N8O2S. The smallest absolute Gasteiger partial charge is 0.305 e. The van der Waals surface area contributed by atoms with Crippen molar-refractivity contribution in [1.29, 1.82) is 5.41 Å². The lowest BCUT2D eigenvalue weighted by Gasteiger charge is -2.12. The Morgan fingerprint density at radius 1 is 1.25 bits per heavy atom. The number of aromatic amines is 1. The van der Waals surface area contributed by atoms with Gasteiger partial charge in [-0.1, -0.05) is 11.3 Å². The average Bonchev–Trinajstić information content (AvgIpc) is 3.04. The number of aromatic nitrogens is 3. The molecule has 0 atom stereocenters. The Bertz CT molecular complexity index is 1220. The molecule has 0 unspecified atom stereocenters. The Morgan fingerprint density at radius 2 is 1.96 bits per heavy atom. The number of halogens is 3. The predicted octanol–water partition coefficient (Wildman–Crippen LogP) is 1.94. The number of primary sulfonamides is 1. The van der Waals surface area contributed by atoms with E-state index in [0.717, 1.165) is 12.3 Å². The van der Waals surface area contributed by atoms with Crippen molar-refractivity contribution in [2.24, 2.45) is 21.3 Å². The van der Waals surface area contributed by atoms with E-state index in [1.165, 1.54) is 18.2 Å². The monoisotopic (exact) mass is 412 g/mol. The van der Waals surface area contributed by atoms with Crippen LogP contribution in [0.25, 0.3) is 22.0 Å². The second kappa shape index (κ2) is 6.65. The second-order valence-corrected chi connectivity index (χ2v) is 6.95. The Balaban J connectivity index is 2.34. The minimum Gasteiger partial charge on any atom is -0.305 e. The van der Waals surface area contributed by atoms with E-state index in [0.29, 0.717) is 0 Å². The van der Waals surface area contributed by atoms with Gasteiger partial charge >= 0.3 is 6.18 Å². The topological polar surface area (TPSA) is 176 Å². The summed E-state index contributed by atoms with van der Waals surface area (Å²) in [5.74, 6) is 4.24. The zero-order valence-electron chi connectivity index (χ0n) is 13.7. The lowest BCUT2D eigenvalue weighted by Crippen LogP contribution is -2.19. The number of fused-ring (bicyclic) bond motifs is 1. The number of nitrogens with two attached hydrogens (primary N) is 2. The Morgan fingerprint density at radius 3 is 2.57 bits per heavy atom. The molecule has 14 heteroatoms. The van der Waals surface area contributed by atoms with Crippen LogP contribution in [-0.4, -0.2) is 29.4 Å². The highest BCUT2D eigenvalue weighted by Gasteiger charge is 2.35. The molecule has 0 spiro atoms. The first-order valence-corrected chi connectivity index (χ1v) is 8.86. The first-order chi connectivity index (χ1) is 13.0. The summed E-state index contributed by atoms with van der Waals surface area (Å²) in [6.45, 7) is 0. The normalized spacial score (nSPS) is 12.7. The second-order valence-electron chi connectivity index (χ2n) is 5.48. The summed E-state index contributed by atoms with van der Waals surface area (Å²) >= 11 is 0. The number of benzene rings is 1. The van der Waals surface area contributed by atoms with E-state index in [1.807, 2.05) is 5.10 Å². The number of nitrogens with one attached hydrogen (secondary N) is 2.